The second kappa shape index (κ2) is 7.19. The van der Waals surface area contributed by atoms with Crippen LogP contribution in [-0.4, -0.2) is 19.3 Å². The molecule has 3 nitrogen and oxygen atoms in total. The van der Waals surface area contributed by atoms with E-state index >= 15 is 0 Å². The Balaban J connectivity index is 2.79. The van der Waals surface area contributed by atoms with Crippen LogP contribution in [0, 0.1) is 0 Å². The molecule has 1 aromatic rings. The van der Waals surface area contributed by atoms with Gasteiger partial charge in [-0.3, -0.25) is 0 Å². The fourth-order valence-electron chi connectivity index (χ4n) is 1.55. The van der Waals surface area contributed by atoms with Gasteiger partial charge in [-0.05, 0) is 33.3 Å². The summed E-state index contributed by atoms with van der Waals surface area (Å²) >= 11 is 0. The maximum absolute atomic E-state index is 5.79. The molecule has 0 aliphatic heterocycles. The molecule has 19 heavy (non-hydrogen) atoms. The molecule has 0 aliphatic rings. The molecule has 1 aromatic carbocycles. The van der Waals surface area contributed by atoms with Gasteiger partial charge in [0.1, 0.15) is 11.5 Å². The molecule has 0 radical (unpaired) electrons. The molecule has 0 aromatic heterocycles. The number of benzene rings is 1. The van der Waals surface area contributed by atoms with Crippen LogP contribution in [0.15, 0.2) is 30.9 Å². The SMILES string of the molecule is C=CCCOc1cc(OC)ccc1CNC(C)(C)C. The number of hydrogen-bond acceptors (Lipinski definition) is 3. The highest BCUT2D eigenvalue weighted by Crippen LogP contribution is 2.25. The molecule has 106 valence electrons. The molecular weight excluding hydrogens is 238 g/mol. The van der Waals surface area contributed by atoms with Crippen LogP contribution < -0.4 is 14.8 Å². The van der Waals surface area contributed by atoms with Crippen LogP contribution in [0.3, 0.4) is 0 Å². The first-order valence-electron chi connectivity index (χ1n) is 6.62. The Morgan fingerprint density at radius 2 is 2.05 bits per heavy atom. The van der Waals surface area contributed by atoms with Crippen molar-refractivity contribution < 1.29 is 9.47 Å². The van der Waals surface area contributed by atoms with Gasteiger partial charge < -0.3 is 14.8 Å². The Hall–Kier alpha value is -1.48. The third kappa shape index (κ3) is 5.79. The number of methoxy groups -OCH3 is 1. The second-order valence-electron chi connectivity index (χ2n) is 5.50. The van der Waals surface area contributed by atoms with E-state index in [0.717, 1.165) is 30.0 Å². The molecule has 1 rings (SSSR count). The Labute approximate surface area is 116 Å². The van der Waals surface area contributed by atoms with E-state index < -0.39 is 0 Å². The molecule has 0 bridgehead atoms. The van der Waals surface area contributed by atoms with Gasteiger partial charge in [0.25, 0.3) is 0 Å². The summed E-state index contributed by atoms with van der Waals surface area (Å²) in [5.41, 5.74) is 1.22. The van der Waals surface area contributed by atoms with Crippen molar-refractivity contribution in [2.45, 2.75) is 39.3 Å². The average Bonchev–Trinajstić information content (AvgIpc) is 2.36. The molecule has 0 heterocycles. The maximum Gasteiger partial charge on any atom is 0.127 e. The third-order valence-corrected chi connectivity index (χ3v) is 2.66. The average molecular weight is 263 g/mol. The topological polar surface area (TPSA) is 30.5 Å². The summed E-state index contributed by atoms with van der Waals surface area (Å²) in [5, 5.41) is 3.47. The van der Waals surface area contributed by atoms with Crippen LogP contribution in [0.4, 0.5) is 0 Å². The molecule has 0 amide bonds. The molecule has 3 heteroatoms. The van der Waals surface area contributed by atoms with Crippen molar-refractivity contribution in [1.82, 2.24) is 5.32 Å². The molecule has 0 saturated heterocycles. The summed E-state index contributed by atoms with van der Waals surface area (Å²) in [6.45, 7) is 11.6. The van der Waals surface area contributed by atoms with Crippen molar-refractivity contribution >= 4 is 0 Å². The Kier molecular flexibility index (Phi) is 5.90. The minimum atomic E-state index is 0.0817. The van der Waals surface area contributed by atoms with Crippen LogP contribution >= 0.6 is 0 Å². The van der Waals surface area contributed by atoms with E-state index in [2.05, 4.69) is 32.7 Å². The predicted octanol–water partition coefficient (Wildman–Crippen LogP) is 3.54. The highest BCUT2D eigenvalue weighted by Gasteiger charge is 2.11. The van der Waals surface area contributed by atoms with Gasteiger partial charge in [0.05, 0.1) is 13.7 Å². The van der Waals surface area contributed by atoms with E-state index in [1.54, 1.807) is 7.11 Å². The van der Waals surface area contributed by atoms with Crippen molar-refractivity contribution in [3.8, 4) is 11.5 Å². The third-order valence-electron chi connectivity index (χ3n) is 2.66. The first kappa shape index (κ1) is 15.6. The standard InChI is InChI=1S/C16H25NO2/c1-6-7-10-19-15-11-14(18-5)9-8-13(15)12-17-16(2,3)4/h6,8-9,11,17H,1,7,10,12H2,2-5H3. The first-order chi connectivity index (χ1) is 8.96. The van der Waals surface area contributed by atoms with Gasteiger partial charge in [-0.1, -0.05) is 12.1 Å². The van der Waals surface area contributed by atoms with Crippen LogP contribution in [-0.2, 0) is 6.54 Å². The lowest BCUT2D eigenvalue weighted by atomic mass is 10.1. The number of rotatable bonds is 7. The quantitative estimate of drug-likeness (QED) is 0.603. The van der Waals surface area contributed by atoms with Crippen LogP contribution in [0.2, 0.25) is 0 Å². The Morgan fingerprint density at radius 1 is 1.32 bits per heavy atom. The van der Waals surface area contributed by atoms with Gasteiger partial charge in [-0.25, -0.2) is 0 Å². The first-order valence-corrected chi connectivity index (χ1v) is 6.62. The molecule has 0 aliphatic carbocycles. The van der Waals surface area contributed by atoms with E-state index in [-0.39, 0.29) is 5.54 Å². The van der Waals surface area contributed by atoms with Crippen molar-refractivity contribution in [2.75, 3.05) is 13.7 Å². The van der Waals surface area contributed by atoms with E-state index in [1.807, 2.05) is 24.3 Å². The highest BCUT2D eigenvalue weighted by molar-refractivity contribution is 5.40. The van der Waals surface area contributed by atoms with E-state index in [9.17, 15) is 0 Å². The summed E-state index contributed by atoms with van der Waals surface area (Å²) in [4.78, 5) is 0. The van der Waals surface area contributed by atoms with Crippen LogP contribution in [0.25, 0.3) is 0 Å². The Morgan fingerprint density at radius 3 is 2.63 bits per heavy atom. The smallest absolute Gasteiger partial charge is 0.127 e. The fraction of sp³-hybridized carbons (Fsp3) is 0.500. The minimum Gasteiger partial charge on any atom is -0.497 e. The molecule has 0 fully saturated rings. The van der Waals surface area contributed by atoms with Crippen molar-refractivity contribution in [3.05, 3.63) is 36.4 Å². The van der Waals surface area contributed by atoms with Crippen LogP contribution in [0.5, 0.6) is 11.5 Å². The summed E-state index contributed by atoms with van der Waals surface area (Å²) in [7, 11) is 1.66. The molecule has 0 unspecified atom stereocenters. The lowest BCUT2D eigenvalue weighted by Crippen LogP contribution is -2.35. The van der Waals surface area contributed by atoms with E-state index in [0.29, 0.717) is 6.61 Å². The maximum atomic E-state index is 5.79. The molecular formula is C16H25NO2. The van der Waals surface area contributed by atoms with Gasteiger partial charge in [0, 0.05) is 23.7 Å². The van der Waals surface area contributed by atoms with Crippen molar-refractivity contribution in [1.29, 1.82) is 0 Å². The lowest BCUT2D eigenvalue weighted by molar-refractivity contribution is 0.315. The van der Waals surface area contributed by atoms with Gasteiger partial charge >= 0.3 is 0 Å². The zero-order valence-corrected chi connectivity index (χ0v) is 12.5. The normalized spacial score (nSPS) is 11.2. The van der Waals surface area contributed by atoms with Crippen LogP contribution in [0.1, 0.15) is 32.8 Å². The number of nitrogens with one attached hydrogen (secondary N) is 1. The molecule has 0 saturated carbocycles. The van der Waals surface area contributed by atoms with Gasteiger partial charge in [0.2, 0.25) is 0 Å². The Bertz CT molecular complexity index is 408. The van der Waals surface area contributed by atoms with Crippen molar-refractivity contribution in [3.63, 3.8) is 0 Å². The highest BCUT2D eigenvalue weighted by atomic mass is 16.5. The summed E-state index contributed by atoms with van der Waals surface area (Å²) < 4.78 is 11.0. The van der Waals surface area contributed by atoms with E-state index in [1.165, 1.54) is 0 Å². The summed E-state index contributed by atoms with van der Waals surface area (Å²) in [6.07, 6.45) is 2.69. The van der Waals surface area contributed by atoms with Gasteiger partial charge in [-0.15, -0.1) is 6.58 Å². The van der Waals surface area contributed by atoms with Gasteiger partial charge in [-0.2, -0.15) is 0 Å². The zero-order valence-electron chi connectivity index (χ0n) is 12.5. The second-order valence-corrected chi connectivity index (χ2v) is 5.50. The summed E-state index contributed by atoms with van der Waals surface area (Å²) in [6, 6.07) is 5.93. The van der Waals surface area contributed by atoms with Crippen molar-refractivity contribution in [2.24, 2.45) is 0 Å². The monoisotopic (exact) mass is 263 g/mol. The zero-order chi connectivity index (χ0) is 14.3. The molecule has 0 spiro atoms. The lowest BCUT2D eigenvalue weighted by Gasteiger charge is -2.22. The van der Waals surface area contributed by atoms with E-state index in [4.69, 9.17) is 9.47 Å². The number of ether oxygens (including phenoxy) is 2. The minimum absolute atomic E-state index is 0.0817. The van der Waals surface area contributed by atoms with Gasteiger partial charge in [0.15, 0.2) is 0 Å². The largest absolute Gasteiger partial charge is 0.497 e. The number of hydrogen-bond donors (Lipinski definition) is 1. The summed E-state index contributed by atoms with van der Waals surface area (Å²) in [5.74, 6) is 1.69. The molecule has 0 atom stereocenters. The predicted molar refractivity (Wildman–Crippen MR) is 79.9 cm³/mol. The molecule has 1 N–H and O–H groups in total. The fourth-order valence-corrected chi connectivity index (χ4v) is 1.55.